The number of hydrogen-bond donors (Lipinski definition) is 1. The predicted molar refractivity (Wildman–Crippen MR) is 102 cm³/mol. The average Bonchev–Trinajstić information content (AvgIpc) is 2.69. The summed E-state index contributed by atoms with van der Waals surface area (Å²) in [5, 5.41) is 40.2. The largest absolute Gasteiger partial charge is 0.497 e. The van der Waals surface area contributed by atoms with Crippen molar-refractivity contribution in [2.24, 2.45) is 0 Å². The number of rotatable bonds is 4. The van der Waals surface area contributed by atoms with Crippen LogP contribution in [0.15, 0.2) is 60.8 Å². The lowest BCUT2D eigenvalue weighted by atomic mass is 10.1. The minimum atomic E-state index is -1.21. The third kappa shape index (κ3) is 5.29. The molecule has 0 bridgehead atoms. The van der Waals surface area contributed by atoms with Crippen molar-refractivity contribution < 1.29 is 19.9 Å². The van der Waals surface area contributed by atoms with Crippen LogP contribution in [0.4, 0.5) is 17.1 Å². The first-order valence-electron chi connectivity index (χ1n) is 7.99. The van der Waals surface area contributed by atoms with Crippen LogP contribution in [0.2, 0.25) is 0 Å². The molecule has 11 nitrogen and oxygen atoms in total. The summed E-state index contributed by atoms with van der Waals surface area (Å²) in [5.74, 6) is -1.21. The molecule has 3 aromatic rings. The molecule has 0 radical (unpaired) electrons. The lowest BCUT2D eigenvalue weighted by Gasteiger charge is -1.99. The zero-order valence-corrected chi connectivity index (χ0v) is 15.0. The number of aryl methyl sites for hydroxylation is 1. The second kappa shape index (κ2) is 8.99. The number of hydrogen-bond acceptors (Lipinski definition) is 8. The van der Waals surface area contributed by atoms with E-state index >= 15 is 0 Å². The van der Waals surface area contributed by atoms with Gasteiger partial charge >= 0.3 is 11.4 Å². The van der Waals surface area contributed by atoms with E-state index in [2.05, 4.69) is 36.2 Å². The Morgan fingerprint density at radius 2 is 1.38 bits per heavy atom. The molecule has 29 heavy (non-hydrogen) atoms. The van der Waals surface area contributed by atoms with E-state index in [0.29, 0.717) is 12.1 Å². The smallest absolute Gasteiger partial charge is 0.324 e. The monoisotopic (exact) mass is 398 g/mol. The Morgan fingerprint density at radius 1 is 0.828 bits per heavy atom. The van der Waals surface area contributed by atoms with E-state index < -0.39 is 37.6 Å². The molecule has 0 amide bonds. The van der Waals surface area contributed by atoms with Crippen LogP contribution in [-0.4, -0.2) is 24.9 Å². The maximum atomic E-state index is 10.4. The van der Waals surface area contributed by atoms with Crippen molar-refractivity contribution in [3.63, 3.8) is 0 Å². The second-order valence-corrected chi connectivity index (χ2v) is 5.68. The van der Waals surface area contributed by atoms with Gasteiger partial charge in [-0.15, -0.1) is 0 Å². The first kappa shape index (κ1) is 20.9. The molecule has 1 aromatic heterocycles. The number of nitro benzene ring substituents is 3. The SMILES string of the molecule is Cc1ccc(-c2ccccn2)cc1.O=[N+]([O-])c1cc([N+](=O)[O-])c(O)c([N+](=O)[O-])c1. The summed E-state index contributed by atoms with van der Waals surface area (Å²) in [6.45, 7) is 2.09. The number of aromatic nitrogens is 1. The van der Waals surface area contributed by atoms with Gasteiger partial charge in [-0.25, -0.2) is 0 Å². The molecular weight excluding hydrogens is 384 g/mol. The zero-order chi connectivity index (χ0) is 21.6. The van der Waals surface area contributed by atoms with Crippen LogP contribution >= 0.6 is 0 Å². The molecule has 0 aliphatic heterocycles. The van der Waals surface area contributed by atoms with Gasteiger partial charge in [0, 0.05) is 11.8 Å². The highest BCUT2D eigenvalue weighted by atomic mass is 16.6. The van der Waals surface area contributed by atoms with Crippen LogP contribution in [0.25, 0.3) is 11.3 Å². The Balaban J connectivity index is 0.000000211. The van der Waals surface area contributed by atoms with E-state index in [9.17, 15) is 30.3 Å². The van der Waals surface area contributed by atoms with E-state index in [4.69, 9.17) is 5.11 Å². The maximum absolute atomic E-state index is 10.4. The number of benzene rings is 2. The van der Waals surface area contributed by atoms with E-state index in [1.165, 1.54) is 11.1 Å². The predicted octanol–water partition coefficient (Wildman–Crippen LogP) is 4.17. The van der Waals surface area contributed by atoms with Gasteiger partial charge in [0.25, 0.3) is 11.4 Å². The first-order valence-corrected chi connectivity index (χ1v) is 7.99. The van der Waals surface area contributed by atoms with Gasteiger partial charge in [-0.3, -0.25) is 35.3 Å². The molecule has 0 fully saturated rings. The van der Waals surface area contributed by atoms with E-state index in [1.807, 2.05) is 24.4 Å². The molecule has 1 heterocycles. The minimum Gasteiger partial charge on any atom is -0.497 e. The van der Waals surface area contributed by atoms with Crippen molar-refractivity contribution in [3.05, 3.63) is 96.7 Å². The van der Waals surface area contributed by atoms with E-state index in [0.717, 1.165) is 5.69 Å². The molecule has 2 aromatic carbocycles. The average molecular weight is 398 g/mol. The normalized spacial score (nSPS) is 9.83. The highest BCUT2D eigenvalue weighted by molar-refractivity contribution is 5.64. The zero-order valence-electron chi connectivity index (χ0n) is 15.0. The molecular formula is C18H14N4O7. The fourth-order valence-electron chi connectivity index (χ4n) is 2.23. The molecule has 0 spiro atoms. The van der Waals surface area contributed by atoms with Crippen LogP contribution < -0.4 is 0 Å². The number of nitrogens with zero attached hydrogens (tertiary/aromatic N) is 4. The van der Waals surface area contributed by atoms with E-state index in [-0.39, 0.29) is 0 Å². The fourth-order valence-corrected chi connectivity index (χ4v) is 2.23. The maximum Gasteiger partial charge on any atom is 0.324 e. The van der Waals surface area contributed by atoms with Gasteiger partial charge in [-0.1, -0.05) is 35.9 Å². The third-order valence-corrected chi connectivity index (χ3v) is 3.67. The van der Waals surface area contributed by atoms with Gasteiger partial charge in [-0.05, 0) is 19.1 Å². The highest BCUT2D eigenvalue weighted by Crippen LogP contribution is 2.38. The molecule has 3 rings (SSSR count). The topological polar surface area (TPSA) is 163 Å². The number of aromatic hydroxyl groups is 1. The standard InChI is InChI=1S/C12H11N.C6H3N3O7/c1-10-5-7-11(8-6-10)12-4-2-3-9-13-12;10-6-4(8(13)14)1-3(7(11)12)2-5(6)9(15)16/h2-9H,1H3;1-2,10H. The van der Waals surface area contributed by atoms with Crippen LogP contribution in [-0.2, 0) is 0 Å². The van der Waals surface area contributed by atoms with Gasteiger partial charge in [0.05, 0.1) is 32.6 Å². The molecule has 0 aliphatic carbocycles. The van der Waals surface area contributed by atoms with Crippen molar-refractivity contribution >= 4 is 17.1 Å². The summed E-state index contributed by atoms with van der Waals surface area (Å²) in [4.78, 5) is 32.0. The first-order chi connectivity index (χ1) is 13.7. The minimum absolute atomic E-state index is 0.447. The Kier molecular flexibility index (Phi) is 6.48. The lowest BCUT2D eigenvalue weighted by Crippen LogP contribution is -1.97. The summed E-state index contributed by atoms with van der Waals surface area (Å²) in [6.07, 6.45) is 1.81. The highest BCUT2D eigenvalue weighted by Gasteiger charge is 2.30. The number of non-ortho nitro benzene ring substituents is 1. The number of phenols is 1. The Bertz CT molecular complexity index is 1020. The van der Waals surface area contributed by atoms with Gasteiger partial charge in [-0.2, -0.15) is 0 Å². The Morgan fingerprint density at radius 3 is 1.79 bits per heavy atom. The van der Waals surface area contributed by atoms with Crippen LogP contribution in [0.5, 0.6) is 5.75 Å². The van der Waals surface area contributed by atoms with Crippen molar-refractivity contribution in [3.8, 4) is 17.0 Å². The summed E-state index contributed by atoms with van der Waals surface area (Å²) < 4.78 is 0. The number of pyridine rings is 1. The Hall–Kier alpha value is -4.41. The van der Waals surface area contributed by atoms with Crippen molar-refractivity contribution in [1.82, 2.24) is 4.98 Å². The lowest BCUT2D eigenvalue weighted by molar-refractivity contribution is -0.404. The van der Waals surface area contributed by atoms with Crippen molar-refractivity contribution in [2.75, 3.05) is 0 Å². The number of nitro groups is 3. The summed E-state index contributed by atoms with van der Waals surface area (Å²) >= 11 is 0. The molecule has 0 unspecified atom stereocenters. The molecule has 11 heteroatoms. The summed E-state index contributed by atoms with van der Waals surface area (Å²) in [5.41, 5.74) is 0.478. The van der Waals surface area contributed by atoms with Crippen LogP contribution in [0.3, 0.4) is 0 Å². The van der Waals surface area contributed by atoms with Gasteiger partial charge in [0.1, 0.15) is 0 Å². The number of phenolic OH excluding ortho intramolecular Hbond substituents is 1. The van der Waals surface area contributed by atoms with Gasteiger partial charge < -0.3 is 5.11 Å². The molecule has 0 atom stereocenters. The molecule has 0 saturated carbocycles. The van der Waals surface area contributed by atoms with Crippen molar-refractivity contribution in [2.45, 2.75) is 6.92 Å². The quantitative estimate of drug-likeness (QED) is 0.505. The van der Waals surface area contributed by atoms with Gasteiger partial charge in [0.15, 0.2) is 0 Å². The third-order valence-electron chi connectivity index (χ3n) is 3.67. The molecule has 0 saturated heterocycles. The summed E-state index contributed by atoms with van der Waals surface area (Å²) in [6, 6.07) is 15.2. The summed E-state index contributed by atoms with van der Waals surface area (Å²) in [7, 11) is 0. The molecule has 1 N–H and O–H groups in total. The Labute approximate surface area is 163 Å². The van der Waals surface area contributed by atoms with Gasteiger partial charge in [0.2, 0.25) is 0 Å². The van der Waals surface area contributed by atoms with Crippen LogP contribution in [0.1, 0.15) is 5.56 Å². The van der Waals surface area contributed by atoms with Crippen LogP contribution in [0, 0.1) is 37.3 Å². The second-order valence-electron chi connectivity index (χ2n) is 5.68. The molecule has 0 aliphatic rings. The van der Waals surface area contributed by atoms with E-state index in [1.54, 1.807) is 0 Å². The fraction of sp³-hybridized carbons (Fsp3) is 0.0556. The molecule has 148 valence electrons. The van der Waals surface area contributed by atoms with Crippen molar-refractivity contribution in [1.29, 1.82) is 0 Å².